The van der Waals surface area contributed by atoms with Crippen molar-refractivity contribution in [1.82, 2.24) is 9.80 Å². The molecule has 2 amide bonds. The molecule has 3 heterocycles. The Morgan fingerprint density at radius 3 is 2.59 bits per heavy atom. The molecule has 160 valence electrons. The van der Waals surface area contributed by atoms with Gasteiger partial charge in [-0.25, -0.2) is 4.79 Å². The summed E-state index contributed by atoms with van der Waals surface area (Å²) in [5.41, 5.74) is -1.08. The largest absolute Gasteiger partial charge is 0.472 e. The molecule has 9 heteroatoms. The third kappa shape index (κ3) is 3.59. The average Bonchev–Trinajstić information content (AvgIpc) is 3.25. The Balaban J connectivity index is 2.04. The molecule has 0 bridgehead atoms. The Hall–Kier alpha value is -2.55. The second-order valence-electron chi connectivity index (χ2n) is 8.76. The fourth-order valence-corrected chi connectivity index (χ4v) is 4.55. The molecule has 2 saturated heterocycles. The number of ether oxygens (including phenoxy) is 2. The van der Waals surface area contributed by atoms with Crippen LogP contribution >= 0.6 is 0 Å². The van der Waals surface area contributed by atoms with Gasteiger partial charge in [-0.1, -0.05) is 0 Å². The van der Waals surface area contributed by atoms with E-state index < -0.39 is 47.0 Å². The van der Waals surface area contributed by atoms with Crippen LogP contribution in [-0.2, 0) is 19.1 Å². The molecule has 2 aliphatic rings. The fraction of sp³-hybridized carbons (Fsp3) is 0.650. The maximum absolute atomic E-state index is 12.9. The van der Waals surface area contributed by atoms with Crippen LogP contribution in [0.1, 0.15) is 38.7 Å². The number of methoxy groups -OCH3 is 1. The molecule has 1 spiro atoms. The normalized spacial score (nSPS) is 30.0. The van der Waals surface area contributed by atoms with Crippen LogP contribution in [0, 0.1) is 11.3 Å². The molecular weight excluding hydrogens is 380 g/mol. The molecule has 1 aromatic rings. The van der Waals surface area contributed by atoms with Crippen LogP contribution in [0.15, 0.2) is 23.0 Å². The molecule has 2 fully saturated rings. The Kier molecular flexibility index (Phi) is 5.38. The van der Waals surface area contributed by atoms with E-state index in [0.29, 0.717) is 12.0 Å². The lowest BCUT2D eigenvalue weighted by Gasteiger charge is -2.49. The molecular formula is C20H28N2O7. The summed E-state index contributed by atoms with van der Waals surface area (Å²) in [5, 5.41) is 11.3. The van der Waals surface area contributed by atoms with Crippen molar-refractivity contribution in [2.45, 2.75) is 44.9 Å². The van der Waals surface area contributed by atoms with Gasteiger partial charge in [0.2, 0.25) is 5.91 Å². The molecule has 29 heavy (non-hydrogen) atoms. The molecule has 3 rings (SSSR count). The Bertz CT molecular complexity index is 785. The minimum absolute atomic E-state index is 0.176. The average molecular weight is 408 g/mol. The van der Waals surface area contributed by atoms with Gasteiger partial charge in [0.25, 0.3) is 0 Å². The zero-order valence-electron chi connectivity index (χ0n) is 17.4. The highest BCUT2D eigenvalue weighted by atomic mass is 16.6. The van der Waals surface area contributed by atoms with Crippen LogP contribution in [0.25, 0.3) is 0 Å². The molecule has 0 unspecified atom stereocenters. The van der Waals surface area contributed by atoms with E-state index in [1.165, 1.54) is 29.4 Å². The molecule has 1 aromatic heterocycles. The topological polar surface area (TPSA) is 110 Å². The highest BCUT2D eigenvalue weighted by Gasteiger charge is 2.62. The van der Waals surface area contributed by atoms with Crippen LogP contribution in [-0.4, -0.2) is 72.0 Å². The molecule has 2 aliphatic heterocycles. The van der Waals surface area contributed by atoms with Gasteiger partial charge in [0.05, 0.1) is 19.6 Å². The number of hydrogen-bond donors (Lipinski definition) is 1. The highest BCUT2D eigenvalue weighted by molar-refractivity contribution is 5.99. The minimum Gasteiger partial charge on any atom is -0.472 e. The number of nitrogens with zero attached hydrogens (tertiary/aromatic N) is 2. The predicted octanol–water partition coefficient (Wildman–Crippen LogP) is 1.57. The van der Waals surface area contributed by atoms with Gasteiger partial charge in [0.1, 0.15) is 17.7 Å². The van der Waals surface area contributed by atoms with Gasteiger partial charge < -0.3 is 23.9 Å². The van der Waals surface area contributed by atoms with E-state index in [0.717, 1.165) is 0 Å². The highest BCUT2D eigenvalue weighted by Crippen LogP contribution is 2.54. The second kappa shape index (κ2) is 7.37. The number of hydrogen-bond acceptors (Lipinski definition) is 7. The van der Waals surface area contributed by atoms with Gasteiger partial charge in [-0.15, -0.1) is 0 Å². The number of carbonyl (C=O) groups is 3. The molecule has 1 N–H and O–H groups in total. The van der Waals surface area contributed by atoms with Gasteiger partial charge in [0.15, 0.2) is 0 Å². The predicted molar refractivity (Wildman–Crippen MR) is 101 cm³/mol. The first kappa shape index (κ1) is 21.2. The van der Waals surface area contributed by atoms with E-state index in [1.54, 1.807) is 33.9 Å². The maximum atomic E-state index is 12.9. The molecule has 0 aromatic carbocycles. The number of carbonyl (C=O) groups excluding carboxylic acids is 3. The minimum atomic E-state index is -1.25. The zero-order valence-corrected chi connectivity index (χ0v) is 17.4. The number of esters is 1. The zero-order chi connectivity index (χ0) is 21.6. The quantitative estimate of drug-likeness (QED) is 0.584. The smallest absolute Gasteiger partial charge is 0.412 e. The summed E-state index contributed by atoms with van der Waals surface area (Å²) in [6.07, 6.45) is 1.41. The van der Waals surface area contributed by atoms with E-state index in [9.17, 15) is 19.5 Å². The molecule has 4 atom stereocenters. The van der Waals surface area contributed by atoms with Crippen molar-refractivity contribution in [3.05, 3.63) is 24.2 Å². The fourth-order valence-electron chi connectivity index (χ4n) is 4.55. The van der Waals surface area contributed by atoms with Crippen molar-refractivity contribution in [1.29, 1.82) is 0 Å². The van der Waals surface area contributed by atoms with Gasteiger partial charge >= 0.3 is 12.1 Å². The summed E-state index contributed by atoms with van der Waals surface area (Å²) in [6, 6.07) is 1.67. The lowest BCUT2D eigenvalue weighted by atomic mass is 9.62. The molecule has 0 aliphatic carbocycles. The Labute approximate surface area is 169 Å². The van der Waals surface area contributed by atoms with Crippen molar-refractivity contribution < 1.29 is 33.4 Å². The summed E-state index contributed by atoms with van der Waals surface area (Å²) in [4.78, 5) is 40.8. The van der Waals surface area contributed by atoms with E-state index in [-0.39, 0.29) is 13.1 Å². The van der Waals surface area contributed by atoms with Crippen LogP contribution < -0.4 is 0 Å². The first-order chi connectivity index (χ1) is 13.5. The van der Waals surface area contributed by atoms with Crippen molar-refractivity contribution in [3.8, 4) is 0 Å². The summed E-state index contributed by atoms with van der Waals surface area (Å²) < 4.78 is 15.5. The third-order valence-corrected chi connectivity index (χ3v) is 5.74. The van der Waals surface area contributed by atoms with Crippen molar-refractivity contribution in [3.63, 3.8) is 0 Å². The summed E-state index contributed by atoms with van der Waals surface area (Å²) in [6.45, 7) is 5.66. The molecule has 0 saturated carbocycles. The Morgan fingerprint density at radius 1 is 1.34 bits per heavy atom. The molecule has 0 radical (unpaired) electrons. The maximum Gasteiger partial charge on any atom is 0.412 e. The van der Waals surface area contributed by atoms with Gasteiger partial charge in [-0.2, -0.15) is 0 Å². The van der Waals surface area contributed by atoms with Crippen LogP contribution in [0.5, 0.6) is 0 Å². The second-order valence-corrected chi connectivity index (χ2v) is 8.76. The van der Waals surface area contributed by atoms with E-state index in [1.807, 2.05) is 0 Å². The number of piperidine rings is 1. The first-order valence-electron chi connectivity index (χ1n) is 9.54. The summed E-state index contributed by atoms with van der Waals surface area (Å²) in [7, 11) is 2.80. The lowest BCUT2D eigenvalue weighted by Crippen LogP contribution is -2.60. The number of furan rings is 1. The first-order valence-corrected chi connectivity index (χ1v) is 9.54. The SMILES string of the molecule is COC(=O)[C@H]1C(=O)N(C)C[C@]2(CCN(C(=O)OC(C)(C)C)[C@H]2O)[C@@H]1c1ccoc1. The van der Waals surface area contributed by atoms with Gasteiger partial charge in [0, 0.05) is 31.5 Å². The monoisotopic (exact) mass is 408 g/mol. The molecule has 9 nitrogen and oxygen atoms in total. The van der Waals surface area contributed by atoms with Crippen LogP contribution in [0.3, 0.4) is 0 Å². The van der Waals surface area contributed by atoms with E-state index in [2.05, 4.69) is 0 Å². The number of aliphatic hydroxyl groups is 1. The van der Waals surface area contributed by atoms with Gasteiger partial charge in [-0.05, 0) is 38.8 Å². The third-order valence-electron chi connectivity index (χ3n) is 5.74. The number of amides is 2. The van der Waals surface area contributed by atoms with Gasteiger partial charge in [-0.3, -0.25) is 14.5 Å². The summed E-state index contributed by atoms with van der Waals surface area (Å²) >= 11 is 0. The van der Waals surface area contributed by atoms with E-state index >= 15 is 0 Å². The number of likely N-dealkylation sites (tertiary alicyclic amines) is 2. The van der Waals surface area contributed by atoms with Crippen molar-refractivity contribution in [2.75, 3.05) is 27.2 Å². The number of aliphatic hydroxyl groups excluding tert-OH is 1. The van der Waals surface area contributed by atoms with Crippen molar-refractivity contribution >= 4 is 18.0 Å². The number of rotatable bonds is 2. The summed E-state index contributed by atoms with van der Waals surface area (Å²) in [5.74, 6) is -2.93. The van der Waals surface area contributed by atoms with Crippen LogP contribution in [0.4, 0.5) is 4.79 Å². The van der Waals surface area contributed by atoms with Crippen LogP contribution in [0.2, 0.25) is 0 Å². The Morgan fingerprint density at radius 2 is 2.03 bits per heavy atom. The standard InChI is InChI=1S/C20H28N2O7/c1-19(2,3)29-18(26)22-8-7-20(17(22)25)11-21(4)15(23)13(16(24)27-5)14(20)12-6-9-28-10-12/h6,9-10,13-14,17,25H,7-8,11H2,1-5H3/t13-,14-,17+,20-/m1/s1. The van der Waals surface area contributed by atoms with E-state index in [4.69, 9.17) is 13.9 Å². The van der Waals surface area contributed by atoms with Crippen molar-refractivity contribution in [2.24, 2.45) is 11.3 Å². The lowest BCUT2D eigenvalue weighted by molar-refractivity contribution is -0.167.